The Morgan fingerprint density at radius 3 is 2.46 bits per heavy atom. The number of anilines is 2. The van der Waals surface area contributed by atoms with Crippen LogP contribution in [0.15, 0.2) is 48.5 Å². The van der Waals surface area contributed by atoms with E-state index >= 15 is 0 Å². The second kappa shape index (κ2) is 8.39. The van der Waals surface area contributed by atoms with E-state index in [1.54, 1.807) is 0 Å². The summed E-state index contributed by atoms with van der Waals surface area (Å²) in [5.74, 6) is 0.638. The molecule has 0 spiro atoms. The highest BCUT2D eigenvalue weighted by Gasteiger charge is 2.17. The number of ether oxygens (including phenoxy) is 1. The molecule has 0 atom stereocenters. The number of nitrogens with one attached hydrogen (secondary N) is 1. The number of carbonyl (C=O) groups is 1. The summed E-state index contributed by atoms with van der Waals surface area (Å²) in [6.45, 7) is 9.03. The summed E-state index contributed by atoms with van der Waals surface area (Å²) in [6, 6.07) is 15.9. The lowest BCUT2D eigenvalue weighted by Crippen LogP contribution is -2.38. The van der Waals surface area contributed by atoms with Gasteiger partial charge in [0.25, 0.3) is 0 Å². The first-order valence-corrected chi connectivity index (χ1v) is 8.37. The minimum Gasteiger partial charge on any atom is -0.492 e. The summed E-state index contributed by atoms with van der Waals surface area (Å²) < 4.78 is 5.57. The van der Waals surface area contributed by atoms with E-state index in [2.05, 4.69) is 43.1 Å². The Morgan fingerprint density at radius 1 is 1.12 bits per heavy atom. The average Bonchev–Trinajstić information content (AvgIpc) is 2.55. The Labute approximate surface area is 144 Å². The maximum atomic E-state index is 12.6. The van der Waals surface area contributed by atoms with Gasteiger partial charge in [0.05, 0.1) is 18.8 Å². The molecule has 4 heteroatoms. The van der Waals surface area contributed by atoms with E-state index < -0.39 is 0 Å². The molecule has 0 aliphatic heterocycles. The quantitative estimate of drug-likeness (QED) is 0.827. The van der Waals surface area contributed by atoms with E-state index in [0.29, 0.717) is 24.6 Å². The van der Waals surface area contributed by atoms with Crippen molar-refractivity contribution >= 4 is 17.3 Å². The minimum absolute atomic E-state index is 0.0564. The number of benzene rings is 2. The molecule has 128 valence electrons. The lowest BCUT2D eigenvalue weighted by atomic mass is 10.1. The van der Waals surface area contributed by atoms with Crippen molar-refractivity contribution < 1.29 is 9.53 Å². The Morgan fingerprint density at radius 2 is 1.79 bits per heavy atom. The summed E-state index contributed by atoms with van der Waals surface area (Å²) in [5, 5.41) is 2.96. The lowest BCUT2D eigenvalue weighted by Gasteiger charge is -2.29. The number of hydrogen-bond acceptors (Lipinski definition) is 3. The Bertz CT molecular complexity index is 683. The molecule has 1 N–H and O–H groups in total. The van der Waals surface area contributed by atoms with E-state index in [0.717, 1.165) is 11.3 Å². The van der Waals surface area contributed by atoms with Crippen LogP contribution in [0.2, 0.25) is 0 Å². The number of hydrogen-bond donors (Lipinski definition) is 1. The summed E-state index contributed by atoms with van der Waals surface area (Å²) in [7, 11) is 0. The SMILES string of the molecule is CCOc1ccccc1NC(=O)CN(c1ccccc1C)C(C)C. The first kappa shape index (κ1) is 17.9. The molecule has 2 aromatic rings. The normalized spacial score (nSPS) is 10.5. The van der Waals surface area contributed by atoms with E-state index in [1.165, 1.54) is 0 Å². The third-order valence-corrected chi connectivity index (χ3v) is 3.82. The Balaban J connectivity index is 2.14. The average molecular weight is 326 g/mol. The van der Waals surface area contributed by atoms with Gasteiger partial charge in [-0.3, -0.25) is 4.79 Å². The molecule has 0 fully saturated rings. The predicted octanol–water partition coefficient (Wildman–Crippen LogP) is 4.25. The largest absolute Gasteiger partial charge is 0.492 e. The van der Waals surface area contributed by atoms with E-state index in [4.69, 9.17) is 4.74 Å². The molecule has 4 nitrogen and oxygen atoms in total. The topological polar surface area (TPSA) is 41.6 Å². The van der Waals surface area contributed by atoms with Gasteiger partial charge in [-0.25, -0.2) is 0 Å². The number of rotatable bonds is 7. The van der Waals surface area contributed by atoms with Gasteiger partial charge in [-0.2, -0.15) is 0 Å². The molecular weight excluding hydrogens is 300 g/mol. The monoisotopic (exact) mass is 326 g/mol. The summed E-state index contributed by atoms with van der Waals surface area (Å²) in [6.07, 6.45) is 0. The van der Waals surface area contributed by atoms with Crippen LogP contribution in [0.25, 0.3) is 0 Å². The zero-order valence-corrected chi connectivity index (χ0v) is 14.9. The van der Waals surface area contributed by atoms with Crippen LogP contribution in [-0.4, -0.2) is 25.1 Å². The summed E-state index contributed by atoms with van der Waals surface area (Å²) >= 11 is 0. The number of nitrogens with zero attached hydrogens (tertiary/aromatic N) is 1. The van der Waals surface area contributed by atoms with Crippen molar-refractivity contribution in [3.63, 3.8) is 0 Å². The fourth-order valence-corrected chi connectivity index (χ4v) is 2.63. The molecule has 2 aromatic carbocycles. The predicted molar refractivity (Wildman–Crippen MR) is 99.9 cm³/mol. The fraction of sp³-hybridized carbons (Fsp3) is 0.350. The molecule has 0 aromatic heterocycles. The minimum atomic E-state index is -0.0564. The smallest absolute Gasteiger partial charge is 0.244 e. The van der Waals surface area contributed by atoms with Crippen LogP contribution in [0.4, 0.5) is 11.4 Å². The van der Waals surface area contributed by atoms with E-state index in [1.807, 2.05) is 43.3 Å². The highest BCUT2D eigenvalue weighted by molar-refractivity contribution is 5.95. The zero-order chi connectivity index (χ0) is 17.5. The third-order valence-electron chi connectivity index (χ3n) is 3.82. The second-order valence-electron chi connectivity index (χ2n) is 5.99. The van der Waals surface area contributed by atoms with E-state index in [-0.39, 0.29) is 11.9 Å². The fourth-order valence-electron chi connectivity index (χ4n) is 2.63. The van der Waals surface area contributed by atoms with Crippen molar-refractivity contribution in [3.8, 4) is 5.75 Å². The Kier molecular flexibility index (Phi) is 6.24. The standard InChI is InChI=1S/C20H26N2O2/c1-5-24-19-13-9-7-11-17(19)21-20(23)14-22(15(2)3)18-12-8-6-10-16(18)4/h6-13,15H,5,14H2,1-4H3,(H,21,23). The number of amides is 1. The van der Waals surface area contributed by atoms with Gasteiger partial charge in [0.15, 0.2) is 0 Å². The molecular formula is C20H26N2O2. The first-order valence-electron chi connectivity index (χ1n) is 8.37. The zero-order valence-electron chi connectivity index (χ0n) is 14.9. The van der Waals surface area contributed by atoms with E-state index in [9.17, 15) is 4.79 Å². The van der Waals surface area contributed by atoms with Crippen molar-refractivity contribution in [2.45, 2.75) is 33.7 Å². The first-order chi connectivity index (χ1) is 11.5. The number of aryl methyl sites for hydroxylation is 1. The maximum Gasteiger partial charge on any atom is 0.244 e. The molecule has 0 saturated heterocycles. The molecule has 0 heterocycles. The van der Waals surface area contributed by atoms with Gasteiger partial charge in [0.1, 0.15) is 5.75 Å². The van der Waals surface area contributed by atoms with Crippen LogP contribution in [-0.2, 0) is 4.79 Å². The molecule has 0 bridgehead atoms. The van der Waals surface area contributed by atoms with Crippen LogP contribution < -0.4 is 15.0 Å². The highest BCUT2D eigenvalue weighted by atomic mass is 16.5. The summed E-state index contributed by atoms with van der Waals surface area (Å²) in [4.78, 5) is 14.7. The van der Waals surface area contributed by atoms with Crippen molar-refractivity contribution in [3.05, 3.63) is 54.1 Å². The van der Waals surface area contributed by atoms with Crippen molar-refractivity contribution in [1.29, 1.82) is 0 Å². The highest BCUT2D eigenvalue weighted by Crippen LogP contribution is 2.25. The number of para-hydroxylation sites is 3. The van der Waals surface area contributed by atoms with Gasteiger partial charge in [-0.15, -0.1) is 0 Å². The molecule has 24 heavy (non-hydrogen) atoms. The van der Waals surface area contributed by atoms with Gasteiger partial charge in [-0.1, -0.05) is 30.3 Å². The van der Waals surface area contributed by atoms with Crippen molar-refractivity contribution in [2.75, 3.05) is 23.4 Å². The summed E-state index contributed by atoms with van der Waals surface area (Å²) in [5.41, 5.74) is 2.95. The van der Waals surface area contributed by atoms with Crippen LogP contribution in [0.1, 0.15) is 26.3 Å². The number of carbonyl (C=O) groups excluding carboxylic acids is 1. The van der Waals surface area contributed by atoms with Crippen LogP contribution in [0.3, 0.4) is 0 Å². The van der Waals surface area contributed by atoms with Crippen LogP contribution in [0, 0.1) is 6.92 Å². The van der Waals surface area contributed by atoms with Crippen molar-refractivity contribution in [1.82, 2.24) is 0 Å². The van der Waals surface area contributed by atoms with Gasteiger partial charge in [0, 0.05) is 11.7 Å². The molecule has 0 aliphatic carbocycles. The second-order valence-corrected chi connectivity index (χ2v) is 5.99. The molecule has 0 unspecified atom stereocenters. The lowest BCUT2D eigenvalue weighted by molar-refractivity contribution is -0.115. The third kappa shape index (κ3) is 4.51. The van der Waals surface area contributed by atoms with Gasteiger partial charge in [-0.05, 0) is 51.5 Å². The van der Waals surface area contributed by atoms with Crippen LogP contribution in [0.5, 0.6) is 5.75 Å². The van der Waals surface area contributed by atoms with Crippen molar-refractivity contribution in [2.24, 2.45) is 0 Å². The molecule has 0 radical (unpaired) electrons. The Hall–Kier alpha value is -2.49. The van der Waals surface area contributed by atoms with Gasteiger partial charge in [0.2, 0.25) is 5.91 Å². The molecule has 0 aliphatic rings. The van der Waals surface area contributed by atoms with Gasteiger partial charge >= 0.3 is 0 Å². The molecule has 0 saturated carbocycles. The molecule has 2 rings (SSSR count). The molecule has 1 amide bonds. The van der Waals surface area contributed by atoms with Crippen LogP contribution >= 0.6 is 0 Å². The maximum absolute atomic E-state index is 12.6. The van der Waals surface area contributed by atoms with Gasteiger partial charge < -0.3 is 15.0 Å².